The predicted octanol–water partition coefficient (Wildman–Crippen LogP) is 1.41. The lowest BCUT2D eigenvalue weighted by Gasteiger charge is -2.32. The first-order valence-electron chi connectivity index (χ1n) is 7.36. The Kier molecular flexibility index (Phi) is 3.35. The number of guanidine groups is 1. The summed E-state index contributed by atoms with van der Waals surface area (Å²) in [5.74, 6) is 1.46. The summed E-state index contributed by atoms with van der Waals surface area (Å²) in [5.41, 5.74) is 1.91. The minimum absolute atomic E-state index is 0.0235. The first-order chi connectivity index (χ1) is 10.0. The predicted molar refractivity (Wildman–Crippen MR) is 81.6 cm³/mol. The molecule has 0 bridgehead atoms. The molecule has 1 heterocycles. The van der Waals surface area contributed by atoms with E-state index in [-0.39, 0.29) is 11.9 Å². The molecule has 1 aromatic carbocycles. The van der Waals surface area contributed by atoms with Gasteiger partial charge in [0.1, 0.15) is 11.3 Å². The van der Waals surface area contributed by atoms with Gasteiger partial charge in [0.2, 0.25) is 0 Å². The summed E-state index contributed by atoms with van der Waals surface area (Å²) in [6, 6.07) is 6.25. The van der Waals surface area contributed by atoms with E-state index < -0.39 is 5.54 Å². The third kappa shape index (κ3) is 2.48. The van der Waals surface area contributed by atoms with Crippen LogP contribution in [0, 0.1) is 0 Å². The number of hydrogen-bond donors (Lipinski definition) is 2. The third-order valence-electron chi connectivity index (χ3n) is 4.14. The zero-order valence-electron chi connectivity index (χ0n) is 12.7. The maximum absolute atomic E-state index is 12.4. The summed E-state index contributed by atoms with van der Waals surface area (Å²) in [7, 11) is 1.66. The second-order valence-electron chi connectivity index (χ2n) is 6.04. The van der Waals surface area contributed by atoms with Gasteiger partial charge in [0, 0.05) is 12.5 Å². The van der Waals surface area contributed by atoms with E-state index in [2.05, 4.69) is 21.7 Å². The number of carbonyl (C=O) groups excluding carboxylic acids is 1. The van der Waals surface area contributed by atoms with Gasteiger partial charge in [0.05, 0.1) is 7.11 Å². The molecule has 21 heavy (non-hydrogen) atoms. The van der Waals surface area contributed by atoms with Crippen molar-refractivity contribution in [3.8, 4) is 5.75 Å². The maximum atomic E-state index is 12.4. The van der Waals surface area contributed by atoms with Crippen LogP contribution in [-0.2, 0) is 17.6 Å². The van der Waals surface area contributed by atoms with Crippen LogP contribution < -0.4 is 15.4 Å². The molecule has 1 unspecified atom stereocenters. The van der Waals surface area contributed by atoms with Crippen LogP contribution in [-0.4, -0.2) is 30.6 Å². The van der Waals surface area contributed by atoms with E-state index in [0.29, 0.717) is 12.4 Å². The quantitative estimate of drug-likeness (QED) is 0.864. The molecule has 1 fully saturated rings. The van der Waals surface area contributed by atoms with Crippen molar-refractivity contribution < 1.29 is 9.53 Å². The molecule has 112 valence electrons. The van der Waals surface area contributed by atoms with Crippen molar-refractivity contribution in [2.45, 2.75) is 44.7 Å². The number of methoxy groups -OCH3 is 1. The second kappa shape index (κ2) is 5.06. The Hall–Kier alpha value is -2.04. The van der Waals surface area contributed by atoms with Crippen LogP contribution in [0.15, 0.2) is 23.2 Å². The molecule has 5 nitrogen and oxygen atoms in total. The maximum Gasteiger partial charge on any atom is 0.252 e. The van der Waals surface area contributed by atoms with E-state index >= 15 is 0 Å². The summed E-state index contributed by atoms with van der Waals surface area (Å²) in [4.78, 5) is 16.8. The van der Waals surface area contributed by atoms with Gasteiger partial charge in [-0.1, -0.05) is 6.07 Å². The Balaban J connectivity index is 1.89. The van der Waals surface area contributed by atoms with E-state index in [1.54, 1.807) is 7.11 Å². The number of nitrogens with zero attached hydrogens (tertiary/aromatic N) is 1. The monoisotopic (exact) mass is 287 g/mol. The number of rotatable bonds is 2. The van der Waals surface area contributed by atoms with Crippen molar-refractivity contribution in [3.63, 3.8) is 0 Å². The van der Waals surface area contributed by atoms with E-state index in [9.17, 15) is 4.79 Å². The fourth-order valence-corrected chi connectivity index (χ4v) is 3.06. The summed E-state index contributed by atoms with van der Waals surface area (Å²) >= 11 is 0. The van der Waals surface area contributed by atoms with E-state index in [1.165, 1.54) is 11.1 Å². The van der Waals surface area contributed by atoms with Crippen LogP contribution in [0.4, 0.5) is 0 Å². The van der Waals surface area contributed by atoms with Crippen molar-refractivity contribution >= 4 is 11.9 Å². The highest BCUT2D eigenvalue weighted by molar-refractivity contribution is 6.09. The SMILES string of the molecule is COc1ccc2c(c1)CC1(CC2)NC(=NC(C)C)NC1=O. The number of nitrogens with one attached hydrogen (secondary N) is 2. The smallest absolute Gasteiger partial charge is 0.252 e. The molecule has 0 aromatic heterocycles. The highest BCUT2D eigenvalue weighted by Crippen LogP contribution is 2.33. The van der Waals surface area contributed by atoms with Crippen molar-refractivity contribution in [1.82, 2.24) is 10.6 Å². The number of benzene rings is 1. The molecule has 0 radical (unpaired) electrons. The van der Waals surface area contributed by atoms with Crippen LogP contribution in [0.2, 0.25) is 0 Å². The standard InChI is InChI=1S/C16H21N3O2/c1-10(2)17-15-18-14(20)16(19-15)7-6-11-4-5-13(21-3)8-12(11)9-16/h4-5,8,10H,6-7,9H2,1-3H3,(H2,17,18,19,20). The minimum atomic E-state index is -0.562. The molecule has 2 aliphatic rings. The van der Waals surface area contributed by atoms with E-state index in [1.807, 2.05) is 26.0 Å². The number of fused-ring (bicyclic) bond motifs is 1. The Morgan fingerprint density at radius 2 is 2.14 bits per heavy atom. The summed E-state index contributed by atoms with van der Waals surface area (Å²) in [6.07, 6.45) is 2.34. The lowest BCUT2D eigenvalue weighted by atomic mass is 9.78. The first-order valence-corrected chi connectivity index (χ1v) is 7.36. The summed E-state index contributed by atoms with van der Waals surface area (Å²) < 4.78 is 5.29. The average Bonchev–Trinajstić information content (AvgIpc) is 2.72. The molecule has 0 saturated carbocycles. The summed E-state index contributed by atoms with van der Waals surface area (Å²) in [5, 5.41) is 6.19. The number of amides is 1. The van der Waals surface area contributed by atoms with Crippen LogP contribution in [0.25, 0.3) is 0 Å². The van der Waals surface area contributed by atoms with Crippen LogP contribution >= 0.6 is 0 Å². The molecule has 5 heteroatoms. The summed E-state index contributed by atoms with van der Waals surface area (Å²) in [6.45, 7) is 3.99. The zero-order chi connectivity index (χ0) is 15.0. The Morgan fingerprint density at radius 3 is 2.86 bits per heavy atom. The molecule has 1 aliphatic carbocycles. The number of aliphatic imine (C=N–C) groups is 1. The van der Waals surface area contributed by atoms with E-state index in [0.717, 1.165) is 18.6 Å². The molecule has 1 atom stereocenters. The topological polar surface area (TPSA) is 62.7 Å². The normalized spacial score (nSPS) is 25.9. The van der Waals surface area contributed by atoms with Crippen LogP contribution in [0.3, 0.4) is 0 Å². The molecular formula is C16H21N3O2. The van der Waals surface area contributed by atoms with E-state index in [4.69, 9.17) is 4.74 Å². The number of carbonyl (C=O) groups is 1. The van der Waals surface area contributed by atoms with Crippen molar-refractivity contribution in [1.29, 1.82) is 0 Å². The van der Waals surface area contributed by atoms with Crippen LogP contribution in [0.5, 0.6) is 5.75 Å². The minimum Gasteiger partial charge on any atom is -0.497 e. The molecular weight excluding hydrogens is 266 g/mol. The molecule has 1 saturated heterocycles. The van der Waals surface area contributed by atoms with Gasteiger partial charge in [-0.25, -0.2) is 0 Å². The Labute approximate surface area is 124 Å². The molecule has 1 aromatic rings. The first kappa shape index (κ1) is 13.9. The molecule has 3 rings (SSSR count). The number of ether oxygens (including phenoxy) is 1. The van der Waals surface area contributed by atoms with Gasteiger partial charge in [-0.05, 0) is 49.9 Å². The average molecular weight is 287 g/mol. The molecule has 1 amide bonds. The fraction of sp³-hybridized carbons (Fsp3) is 0.500. The van der Waals surface area contributed by atoms with Gasteiger partial charge < -0.3 is 10.1 Å². The fourth-order valence-electron chi connectivity index (χ4n) is 3.06. The van der Waals surface area contributed by atoms with Crippen LogP contribution in [0.1, 0.15) is 31.4 Å². The third-order valence-corrected chi connectivity index (χ3v) is 4.14. The highest BCUT2D eigenvalue weighted by Gasteiger charge is 2.47. The van der Waals surface area contributed by atoms with Gasteiger partial charge in [0.25, 0.3) is 5.91 Å². The van der Waals surface area contributed by atoms with Crippen molar-refractivity contribution in [3.05, 3.63) is 29.3 Å². The van der Waals surface area contributed by atoms with Crippen molar-refractivity contribution in [2.75, 3.05) is 7.11 Å². The van der Waals surface area contributed by atoms with Gasteiger partial charge in [-0.15, -0.1) is 0 Å². The highest BCUT2D eigenvalue weighted by atomic mass is 16.5. The zero-order valence-corrected chi connectivity index (χ0v) is 12.7. The lowest BCUT2D eigenvalue weighted by molar-refractivity contribution is -0.124. The van der Waals surface area contributed by atoms with Crippen molar-refractivity contribution in [2.24, 2.45) is 4.99 Å². The number of aryl methyl sites for hydroxylation is 1. The largest absolute Gasteiger partial charge is 0.497 e. The van der Waals surface area contributed by atoms with Gasteiger partial charge >= 0.3 is 0 Å². The van der Waals surface area contributed by atoms with Gasteiger partial charge in [-0.2, -0.15) is 0 Å². The Bertz CT molecular complexity index is 610. The van der Waals surface area contributed by atoms with Gasteiger partial charge in [0.15, 0.2) is 5.96 Å². The lowest BCUT2D eigenvalue weighted by Crippen LogP contribution is -2.51. The number of hydrogen-bond acceptors (Lipinski definition) is 3. The molecule has 2 N–H and O–H groups in total. The van der Waals surface area contributed by atoms with Gasteiger partial charge in [-0.3, -0.25) is 15.1 Å². The second-order valence-corrected chi connectivity index (χ2v) is 6.04. The molecule has 1 spiro atoms. The Morgan fingerprint density at radius 1 is 1.33 bits per heavy atom. The molecule has 1 aliphatic heterocycles.